The summed E-state index contributed by atoms with van der Waals surface area (Å²) >= 11 is 10.8. The molecule has 1 N–H and O–H groups in total. The molecule has 0 aromatic heterocycles. The van der Waals surface area contributed by atoms with E-state index in [1.165, 1.54) is 11.0 Å². The van der Waals surface area contributed by atoms with Crippen LogP contribution in [0.3, 0.4) is 0 Å². The quantitative estimate of drug-likeness (QED) is 0.180. The average molecular weight is 583 g/mol. The minimum Gasteiger partial charge on any atom is -0.488 e. The van der Waals surface area contributed by atoms with Crippen LogP contribution < -0.4 is 10.1 Å². The molecule has 2 aromatic rings. The van der Waals surface area contributed by atoms with Gasteiger partial charge in [-0.3, -0.25) is 19.8 Å². The topological polar surface area (TPSA) is 58.6 Å². The van der Waals surface area contributed by atoms with E-state index in [9.17, 15) is 9.59 Å². The van der Waals surface area contributed by atoms with E-state index in [1.807, 2.05) is 30.3 Å². The fraction of sp³-hybridized carbons (Fsp3) is 0.0952. The molecule has 1 saturated heterocycles. The fourth-order valence-corrected chi connectivity index (χ4v) is 3.64. The van der Waals surface area contributed by atoms with Crippen LogP contribution in [-0.4, -0.2) is 28.4 Å². The van der Waals surface area contributed by atoms with Gasteiger partial charge in [-0.25, -0.2) is 0 Å². The second-order valence-corrected chi connectivity index (χ2v) is 8.67. The molecule has 8 heteroatoms. The highest BCUT2D eigenvalue weighted by Gasteiger charge is 2.32. The molecular weight excluding hydrogens is 567 g/mol. The molecule has 1 aliphatic rings. The number of carbonyl (C=O) groups excluding carboxylic acids is 2. The zero-order valence-corrected chi connectivity index (χ0v) is 19.7. The van der Waals surface area contributed by atoms with Crippen molar-refractivity contribution in [2.75, 3.05) is 6.54 Å². The van der Waals surface area contributed by atoms with Crippen LogP contribution in [0, 0.1) is 3.57 Å². The lowest BCUT2D eigenvalue weighted by atomic mass is 10.1. The van der Waals surface area contributed by atoms with Crippen LogP contribution in [0.25, 0.3) is 6.08 Å². The first-order valence-corrected chi connectivity index (χ1v) is 10.8. The van der Waals surface area contributed by atoms with Crippen molar-refractivity contribution in [3.05, 3.63) is 79.9 Å². The van der Waals surface area contributed by atoms with E-state index >= 15 is 0 Å². The Morgan fingerprint density at radius 1 is 1.21 bits per heavy atom. The van der Waals surface area contributed by atoms with Crippen LogP contribution in [0.2, 0.25) is 0 Å². The number of nitrogens with one attached hydrogen (secondary N) is 1. The van der Waals surface area contributed by atoms with Crippen LogP contribution in [0.15, 0.2) is 65.2 Å². The Bertz CT molecular complexity index is 1020. The minimum absolute atomic E-state index is 0.0161. The lowest BCUT2D eigenvalue weighted by Gasteiger charge is -2.27. The van der Waals surface area contributed by atoms with Crippen molar-refractivity contribution >= 4 is 73.7 Å². The van der Waals surface area contributed by atoms with Gasteiger partial charge in [-0.2, -0.15) is 0 Å². The summed E-state index contributed by atoms with van der Waals surface area (Å²) < 4.78 is 7.90. The fourth-order valence-electron chi connectivity index (χ4n) is 2.65. The maximum atomic E-state index is 12.8. The molecule has 1 fully saturated rings. The highest BCUT2D eigenvalue weighted by molar-refractivity contribution is 14.1. The number of nitrogens with zero attached hydrogens (tertiary/aromatic N) is 1. The Kier molecular flexibility index (Phi) is 7.20. The monoisotopic (exact) mass is 582 g/mol. The van der Waals surface area contributed by atoms with E-state index in [-0.39, 0.29) is 17.2 Å². The number of hydrogen-bond donors (Lipinski definition) is 1. The summed E-state index contributed by atoms with van der Waals surface area (Å²) in [6.45, 7) is 4.20. The van der Waals surface area contributed by atoms with Gasteiger partial charge in [-0.15, -0.1) is 6.58 Å². The smallest absolute Gasteiger partial charge is 0.265 e. The predicted molar refractivity (Wildman–Crippen MR) is 128 cm³/mol. The molecule has 29 heavy (non-hydrogen) atoms. The van der Waals surface area contributed by atoms with Gasteiger partial charge < -0.3 is 4.74 Å². The van der Waals surface area contributed by atoms with E-state index in [4.69, 9.17) is 17.0 Å². The molecule has 3 rings (SSSR count). The van der Waals surface area contributed by atoms with Crippen molar-refractivity contribution in [1.82, 2.24) is 10.2 Å². The molecule has 0 bridgehead atoms. The Balaban J connectivity index is 1.90. The van der Waals surface area contributed by atoms with E-state index in [0.29, 0.717) is 17.9 Å². The summed E-state index contributed by atoms with van der Waals surface area (Å²) in [6.07, 6.45) is 3.07. The highest BCUT2D eigenvalue weighted by atomic mass is 127. The number of rotatable bonds is 6. The second kappa shape index (κ2) is 9.64. The second-order valence-electron chi connectivity index (χ2n) is 6.12. The minimum atomic E-state index is -0.538. The molecular formula is C21H16BrIN2O3S. The van der Waals surface area contributed by atoms with Crippen molar-refractivity contribution in [2.45, 2.75) is 6.61 Å². The first kappa shape index (κ1) is 21.7. The molecule has 0 saturated carbocycles. The maximum absolute atomic E-state index is 12.8. The van der Waals surface area contributed by atoms with Crippen molar-refractivity contribution in [3.63, 3.8) is 0 Å². The van der Waals surface area contributed by atoms with Gasteiger partial charge in [0.25, 0.3) is 11.8 Å². The van der Waals surface area contributed by atoms with Crippen molar-refractivity contribution in [1.29, 1.82) is 0 Å². The Labute approximate surface area is 196 Å². The van der Waals surface area contributed by atoms with Crippen LogP contribution in [0.4, 0.5) is 0 Å². The van der Waals surface area contributed by atoms with E-state index in [2.05, 4.69) is 50.4 Å². The number of hydrogen-bond acceptors (Lipinski definition) is 4. The van der Waals surface area contributed by atoms with Gasteiger partial charge >= 0.3 is 0 Å². The van der Waals surface area contributed by atoms with Crippen molar-refractivity contribution in [3.8, 4) is 5.75 Å². The van der Waals surface area contributed by atoms with Gasteiger partial charge in [0.15, 0.2) is 5.11 Å². The average Bonchev–Trinajstić information content (AvgIpc) is 2.69. The first-order valence-electron chi connectivity index (χ1n) is 8.55. The number of benzene rings is 2. The summed E-state index contributed by atoms with van der Waals surface area (Å²) in [5.74, 6) is -0.450. The summed E-state index contributed by atoms with van der Waals surface area (Å²) in [6, 6.07) is 13.4. The van der Waals surface area contributed by atoms with E-state index < -0.39 is 11.8 Å². The predicted octanol–water partition coefficient (Wildman–Crippen LogP) is 4.45. The number of carbonyl (C=O) groups is 2. The number of halogens is 2. The van der Waals surface area contributed by atoms with Gasteiger partial charge in [-0.05, 0) is 76.8 Å². The largest absolute Gasteiger partial charge is 0.488 e. The Morgan fingerprint density at radius 3 is 2.62 bits per heavy atom. The van der Waals surface area contributed by atoms with Gasteiger partial charge in [0.1, 0.15) is 17.9 Å². The SMILES string of the molecule is C=CCN1C(=O)/C(=C/c2cc(Br)ccc2OCc2ccc(I)cc2)C(=O)NC1=S. The number of amides is 2. The van der Waals surface area contributed by atoms with Crippen LogP contribution in [0.1, 0.15) is 11.1 Å². The van der Waals surface area contributed by atoms with Crippen LogP contribution in [-0.2, 0) is 16.2 Å². The zero-order valence-electron chi connectivity index (χ0n) is 15.2. The van der Waals surface area contributed by atoms with Gasteiger partial charge in [0.2, 0.25) is 0 Å². The molecule has 0 spiro atoms. The van der Waals surface area contributed by atoms with Gasteiger partial charge in [-0.1, -0.05) is 34.1 Å². The van der Waals surface area contributed by atoms with Crippen molar-refractivity contribution < 1.29 is 14.3 Å². The molecule has 0 radical (unpaired) electrons. The molecule has 1 aliphatic heterocycles. The third-order valence-corrected chi connectivity index (χ3v) is 5.61. The van der Waals surface area contributed by atoms with Crippen LogP contribution >= 0.6 is 50.7 Å². The van der Waals surface area contributed by atoms with E-state index in [0.717, 1.165) is 13.6 Å². The molecule has 2 aromatic carbocycles. The molecule has 0 aliphatic carbocycles. The molecule has 1 heterocycles. The van der Waals surface area contributed by atoms with Crippen molar-refractivity contribution in [2.24, 2.45) is 0 Å². The highest BCUT2D eigenvalue weighted by Crippen LogP contribution is 2.27. The van der Waals surface area contributed by atoms with Crippen LogP contribution in [0.5, 0.6) is 5.75 Å². The lowest BCUT2D eigenvalue weighted by molar-refractivity contribution is -0.128. The number of thiocarbonyl (C=S) groups is 1. The zero-order chi connectivity index (χ0) is 21.0. The molecule has 2 amide bonds. The van der Waals surface area contributed by atoms with E-state index in [1.54, 1.807) is 18.2 Å². The molecule has 0 unspecified atom stereocenters. The third-order valence-electron chi connectivity index (χ3n) is 4.08. The normalized spacial score (nSPS) is 15.4. The molecule has 5 nitrogen and oxygen atoms in total. The summed E-state index contributed by atoms with van der Waals surface area (Å²) in [5, 5.41) is 2.61. The molecule has 148 valence electrons. The summed E-state index contributed by atoms with van der Waals surface area (Å²) in [5.41, 5.74) is 1.60. The standard InChI is InChI=1S/C21H16BrIN2O3S/c1-2-9-25-20(27)17(19(26)24-21(25)29)11-14-10-15(22)5-8-18(14)28-12-13-3-6-16(23)7-4-13/h2-8,10-11H,1,9,12H2,(H,24,26,29)/b17-11+. The third kappa shape index (κ3) is 5.31. The maximum Gasteiger partial charge on any atom is 0.265 e. The Morgan fingerprint density at radius 2 is 1.93 bits per heavy atom. The lowest BCUT2D eigenvalue weighted by Crippen LogP contribution is -2.53. The molecule has 0 atom stereocenters. The van der Waals surface area contributed by atoms with Gasteiger partial charge in [0.05, 0.1) is 0 Å². The Hall–Kier alpha value is -2.04. The summed E-state index contributed by atoms with van der Waals surface area (Å²) in [7, 11) is 0. The summed E-state index contributed by atoms with van der Waals surface area (Å²) in [4.78, 5) is 26.4. The number of ether oxygens (including phenoxy) is 1. The van der Waals surface area contributed by atoms with Gasteiger partial charge in [0, 0.05) is 20.2 Å². The first-order chi connectivity index (χ1) is 13.9.